The molecule has 0 aliphatic carbocycles. The lowest BCUT2D eigenvalue weighted by molar-refractivity contribution is 0.0595. The summed E-state index contributed by atoms with van der Waals surface area (Å²) in [7, 11) is 0. The Morgan fingerprint density at radius 2 is 2.67 bits per heavy atom. The van der Waals surface area contributed by atoms with Crippen molar-refractivity contribution in [2.24, 2.45) is 0 Å². The Hall–Kier alpha value is -0.0800. The zero-order valence-corrected chi connectivity index (χ0v) is 3.61. The van der Waals surface area contributed by atoms with Gasteiger partial charge in [0.25, 0.3) is 0 Å². The van der Waals surface area contributed by atoms with E-state index in [-0.39, 0.29) is 6.10 Å². The van der Waals surface area contributed by atoms with Crippen LogP contribution in [0.5, 0.6) is 0 Å². The molecule has 1 radical (unpaired) electrons. The average Bonchev–Trinajstić information content (AvgIpc) is 1.86. The lowest BCUT2D eigenvalue weighted by Gasteiger charge is -1.92. The highest BCUT2D eigenvalue weighted by molar-refractivity contribution is 4.63. The van der Waals surface area contributed by atoms with E-state index < -0.39 is 0 Å². The van der Waals surface area contributed by atoms with E-state index in [1.807, 2.05) is 0 Å². The smallest absolute Gasteiger partial charge is 0.0804 e. The summed E-state index contributed by atoms with van der Waals surface area (Å²) in [6, 6.07) is 0. The Kier molecular flexibility index (Phi) is 1.08. The van der Waals surface area contributed by atoms with Crippen molar-refractivity contribution in [1.29, 1.82) is 0 Å². The van der Waals surface area contributed by atoms with Crippen molar-refractivity contribution < 1.29 is 4.84 Å². The number of rotatable bonds is 0. The first-order valence-corrected chi connectivity index (χ1v) is 2.11. The van der Waals surface area contributed by atoms with Crippen molar-refractivity contribution in [3.8, 4) is 0 Å². The fourth-order valence-electron chi connectivity index (χ4n) is 0.456. The number of hydrogen-bond donors (Lipinski definition) is 1. The molecule has 1 saturated heterocycles. The molecule has 0 amide bonds. The summed E-state index contributed by atoms with van der Waals surface area (Å²) >= 11 is 0. The highest BCUT2D eigenvalue weighted by Gasteiger charge is 2.07. The van der Waals surface area contributed by atoms with E-state index in [1.54, 1.807) is 0 Å². The molecule has 1 N–H and O–H groups in total. The van der Waals surface area contributed by atoms with Crippen LogP contribution in [0.1, 0.15) is 6.42 Å². The van der Waals surface area contributed by atoms with E-state index in [2.05, 4.69) is 12.4 Å². The maximum absolute atomic E-state index is 4.79. The first-order valence-electron chi connectivity index (χ1n) is 2.11. The zero-order valence-electron chi connectivity index (χ0n) is 3.61. The lowest BCUT2D eigenvalue weighted by Crippen LogP contribution is -2.05. The highest BCUT2D eigenvalue weighted by Crippen LogP contribution is 1.98. The van der Waals surface area contributed by atoms with Gasteiger partial charge in [-0.2, -0.15) is 0 Å². The van der Waals surface area contributed by atoms with Gasteiger partial charge in [0.05, 0.1) is 6.10 Å². The Morgan fingerprint density at radius 1 is 1.83 bits per heavy atom. The van der Waals surface area contributed by atoms with E-state index in [9.17, 15) is 0 Å². The third-order valence-corrected chi connectivity index (χ3v) is 0.818. The van der Waals surface area contributed by atoms with Crippen molar-refractivity contribution in [3.05, 3.63) is 6.92 Å². The van der Waals surface area contributed by atoms with Gasteiger partial charge in [0.2, 0.25) is 0 Å². The van der Waals surface area contributed by atoms with Crippen LogP contribution in [0.4, 0.5) is 0 Å². The van der Waals surface area contributed by atoms with Crippen molar-refractivity contribution in [2.75, 3.05) is 6.54 Å². The van der Waals surface area contributed by atoms with E-state index in [4.69, 9.17) is 4.84 Å². The van der Waals surface area contributed by atoms with Crippen molar-refractivity contribution in [3.63, 3.8) is 0 Å². The number of nitrogens with one attached hydrogen (secondary N) is 1. The molecule has 0 aromatic rings. The predicted molar refractivity (Wildman–Crippen MR) is 22.8 cm³/mol. The van der Waals surface area contributed by atoms with Gasteiger partial charge in [-0.3, -0.25) is 4.84 Å². The highest BCUT2D eigenvalue weighted by atomic mass is 16.7. The minimum atomic E-state index is 0.185. The minimum Gasteiger partial charge on any atom is -0.298 e. The second-order valence-corrected chi connectivity index (χ2v) is 1.42. The second kappa shape index (κ2) is 1.58. The van der Waals surface area contributed by atoms with Gasteiger partial charge in [0, 0.05) is 6.54 Å². The van der Waals surface area contributed by atoms with Crippen LogP contribution in [0.3, 0.4) is 0 Å². The summed E-state index contributed by atoms with van der Waals surface area (Å²) in [5.74, 6) is 0. The van der Waals surface area contributed by atoms with Gasteiger partial charge in [-0.1, -0.05) is 0 Å². The van der Waals surface area contributed by atoms with Crippen LogP contribution in [0.25, 0.3) is 0 Å². The molecular formula is C4H8NO. The van der Waals surface area contributed by atoms with Crippen LogP contribution in [-0.2, 0) is 4.84 Å². The van der Waals surface area contributed by atoms with Crippen molar-refractivity contribution >= 4 is 0 Å². The van der Waals surface area contributed by atoms with Crippen molar-refractivity contribution in [1.82, 2.24) is 5.48 Å². The molecule has 0 aromatic carbocycles. The SMILES string of the molecule is [CH2][C@H]1CCNO1. The molecule has 1 aliphatic heterocycles. The molecule has 1 heterocycles. The molecule has 35 valence electrons. The summed E-state index contributed by atoms with van der Waals surface area (Å²) in [5, 5.41) is 0. The predicted octanol–water partition coefficient (Wildman–Crippen LogP) is 0.114. The molecular weight excluding hydrogens is 78.0 g/mol. The quantitative estimate of drug-likeness (QED) is 0.452. The zero-order chi connectivity index (χ0) is 4.41. The van der Waals surface area contributed by atoms with Crippen LogP contribution < -0.4 is 5.48 Å². The van der Waals surface area contributed by atoms with Gasteiger partial charge in [-0.05, 0) is 13.3 Å². The summed E-state index contributed by atoms with van der Waals surface area (Å²) < 4.78 is 0. The van der Waals surface area contributed by atoms with E-state index in [1.165, 1.54) is 0 Å². The maximum atomic E-state index is 4.79. The molecule has 0 aromatic heterocycles. The lowest BCUT2D eigenvalue weighted by atomic mass is 10.3. The van der Waals surface area contributed by atoms with Gasteiger partial charge in [-0.25, -0.2) is 5.48 Å². The molecule has 2 heteroatoms. The van der Waals surface area contributed by atoms with Crippen molar-refractivity contribution in [2.45, 2.75) is 12.5 Å². The molecule has 6 heavy (non-hydrogen) atoms. The van der Waals surface area contributed by atoms with Crippen LogP contribution in [0, 0.1) is 6.92 Å². The molecule has 0 bridgehead atoms. The Balaban J connectivity index is 2.18. The minimum absolute atomic E-state index is 0.185. The third kappa shape index (κ3) is 0.698. The molecule has 1 rings (SSSR count). The van der Waals surface area contributed by atoms with Crippen LogP contribution in [-0.4, -0.2) is 12.6 Å². The van der Waals surface area contributed by atoms with Crippen LogP contribution >= 0.6 is 0 Å². The molecule has 0 spiro atoms. The molecule has 0 saturated carbocycles. The van der Waals surface area contributed by atoms with Gasteiger partial charge in [0.1, 0.15) is 0 Å². The summed E-state index contributed by atoms with van der Waals surface area (Å²) in [6.45, 7) is 4.61. The topological polar surface area (TPSA) is 21.3 Å². The molecule has 1 fully saturated rings. The molecule has 1 aliphatic rings. The number of hydroxylamine groups is 1. The van der Waals surface area contributed by atoms with Gasteiger partial charge >= 0.3 is 0 Å². The first kappa shape index (κ1) is 4.09. The van der Waals surface area contributed by atoms with E-state index >= 15 is 0 Å². The molecule has 2 nitrogen and oxygen atoms in total. The molecule has 1 atom stereocenters. The standard InChI is InChI=1S/C4H8NO/c1-4-2-3-5-6-4/h4-5H,1-3H2/t4-/m0/s1. The monoisotopic (exact) mass is 86.1 g/mol. The van der Waals surface area contributed by atoms with Crippen LogP contribution in [0.15, 0.2) is 0 Å². The number of hydrogen-bond acceptors (Lipinski definition) is 2. The fourth-order valence-corrected chi connectivity index (χ4v) is 0.456. The Labute approximate surface area is 37.4 Å². The summed E-state index contributed by atoms with van der Waals surface area (Å²) in [6.07, 6.45) is 1.23. The van der Waals surface area contributed by atoms with Gasteiger partial charge in [-0.15, -0.1) is 0 Å². The molecule has 0 unspecified atom stereocenters. The summed E-state index contributed by atoms with van der Waals surface area (Å²) in [5.41, 5.74) is 2.71. The second-order valence-electron chi connectivity index (χ2n) is 1.42. The van der Waals surface area contributed by atoms with Gasteiger partial charge < -0.3 is 0 Å². The van der Waals surface area contributed by atoms with Gasteiger partial charge in [0.15, 0.2) is 0 Å². The average molecular weight is 86.1 g/mol. The summed E-state index contributed by atoms with van der Waals surface area (Å²) in [4.78, 5) is 4.79. The normalized spacial score (nSPS) is 34.5. The van der Waals surface area contributed by atoms with Crippen LogP contribution in [0.2, 0.25) is 0 Å². The fraction of sp³-hybridized carbons (Fsp3) is 0.750. The third-order valence-electron chi connectivity index (χ3n) is 0.818. The Bertz CT molecular complexity index is 40.8. The largest absolute Gasteiger partial charge is 0.298 e. The van der Waals surface area contributed by atoms with E-state index in [0.29, 0.717) is 0 Å². The Morgan fingerprint density at radius 3 is 2.83 bits per heavy atom. The van der Waals surface area contributed by atoms with E-state index in [0.717, 1.165) is 13.0 Å². The maximum Gasteiger partial charge on any atom is 0.0804 e. The first-order chi connectivity index (χ1) is 2.89.